The third-order valence-electron chi connectivity index (χ3n) is 3.22. The molecule has 0 bridgehead atoms. The molecule has 1 aromatic rings. The smallest absolute Gasteiger partial charge is 0.229 e. The number of aromatic nitrogens is 2. The van der Waals surface area contributed by atoms with Crippen molar-refractivity contribution in [3.63, 3.8) is 0 Å². The average Bonchev–Trinajstić information content (AvgIpc) is 2.55. The van der Waals surface area contributed by atoms with E-state index in [2.05, 4.69) is 10.1 Å². The van der Waals surface area contributed by atoms with Crippen LogP contribution in [0.1, 0.15) is 70.0 Å². The highest BCUT2D eigenvalue weighted by molar-refractivity contribution is 5.02. The summed E-state index contributed by atoms with van der Waals surface area (Å²) in [4.78, 5) is 4.44. The fourth-order valence-corrected chi connectivity index (χ4v) is 2.19. The Kier molecular flexibility index (Phi) is 3.28. The second-order valence-corrected chi connectivity index (χ2v) is 5.37. The summed E-state index contributed by atoms with van der Waals surface area (Å²) < 4.78 is 5.35. The summed E-state index contributed by atoms with van der Waals surface area (Å²) >= 11 is 0. The molecule has 1 saturated carbocycles. The third kappa shape index (κ3) is 2.61. The maximum absolute atomic E-state index is 5.95. The average molecular weight is 223 g/mol. The molecule has 0 saturated heterocycles. The van der Waals surface area contributed by atoms with Gasteiger partial charge in [0.2, 0.25) is 5.89 Å². The fourth-order valence-electron chi connectivity index (χ4n) is 2.19. The first-order valence-corrected chi connectivity index (χ1v) is 6.20. The summed E-state index contributed by atoms with van der Waals surface area (Å²) in [5.41, 5.74) is 5.44. The van der Waals surface area contributed by atoms with Crippen molar-refractivity contribution in [2.75, 3.05) is 0 Å². The molecule has 1 aliphatic rings. The van der Waals surface area contributed by atoms with Gasteiger partial charge in [0.1, 0.15) is 0 Å². The van der Waals surface area contributed by atoms with Crippen LogP contribution in [0.3, 0.4) is 0 Å². The molecular formula is C12H21N3O. The van der Waals surface area contributed by atoms with Crippen molar-refractivity contribution in [2.24, 2.45) is 5.73 Å². The zero-order valence-electron chi connectivity index (χ0n) is 10.2. The Morgan fingerprint density at radius 1 is 1.19 bits per heavy atom. The summed E-state index contributed by atoms with van der Waals surface area (Å²) in [6.07, 6.45) is 7.56. The van der Waals surface area contributed by atoms with Gasteiger partial charge in [0, 0.05) is 5.92 Å². The van der Waals surface area contributed by atoms with Crippen LogP contribution in [0.25, 0.3) is 0 Å². The summed E-state index contributed by atoms with van der Waals surface area (Å²) in [6, 6.07) is 0. The van der Waals surface area contributed by atoms with Crippen molar-refractivity contribution in [2.45, 2.75) is 63.8 Å². The summed E-state index contributed by atoms with van der Waals surface area (Å²) in [7, 11) is 0. The van der Waals surface area contributed by atoms with Gasteiger partial charge in [0.25, 0.3) is 0 Å². The van der Waals surface area contributed by atoms with E-state index in [-0.39, 0.29) is 0 Å². The van der Waals surface area contributed by atoms with Gasteiger partial charge in [0.15, 0.2) is 5.82 Å². The van der Waals surface area contributed by atoms with Gasteiger partial charge in [-0.05, 0) is 26.7 Å². The van der Waals surface area contributed by atoms with Gasteiger partial charge >= 0.3 is 0 Å². The minimum Gasteiger partial charge on any atom is -0.339 e. The van der Waals surface area contributed by atoms with Crippen LogP contribution in [0.2, 0.25) is 0 Å². The fraction of sp³-hybridized carbons (Fsp3) is 0.833. The highest BCUT2D eigenvalue weighted by Gasteiger charge is 2.25. The van der Waals surface area contributed by atoms with Crippen molar-refractivity contribution in [3.05, 3.63) is 11.7 Å². The first-order chi connectivity index (χ1) is 7.57. The van der Waals surface area contributed by atoms with Crippen molar-refractivity contribution in [3.8, 4) is 0 Å². The monoisotopic (exact) mass is 223 g/mol. The molecule has 1 fully saturated rings. The van der Waals surface area contributed by atoms with E-state index >= 15 is 0 Å². The number of hydrogen-bond acceptors (Lipinski definition) is 4. The standard InChI is InChI=1S/C12H21N3O/c1-12(2,13)11-14-10(16-15-11)9-7-5-3-4-6-8-9/h9H,3-8,13H2,1-2H3. The second kappa shape index (κ2) is 4.53. The van der Waals surface area contributed by atoms with Crippen molar-refractivity contribution < 1.29 is 4.52 Å². The topological polar surface area (TPSA) is 64.9 Å². The van der Waals surface area contributed by atoms with Gasteiger partial charge in [-0.1, -0.05) is 30.8 Å². The lowest BCUT2D eigenvalue weighted by Gasteiger charge is -2.12. The van der Waals surface area contributed by atoms with Gasteiger partial charge in [-0.3, -0.25) is 0 Å². The zero-order valence-corrected chi connectivity index (χ0v) is 10.2. The number of nitrogens with zero attached hydrogens (tertiary/aromatic N) is 2. The van der Waals surface area contributed by atoms with Crippen molar-refractivity contribution in [1.82, 2.24) is 10.1 Å². The molecule has 1 heterocycles. The van der Waals surface area contributed by atoms with Gasteiger partial charge in [0.05, 0.1) is 5.54 Å². The van der Waals surface area contributed by atoms with E-state index in [1.807, 2.05) is 13.8 Å². The van der Waals surface area contributed by atoms with Crippen molar-refractivity contribution in [1.29, 1.82) is 0 Å². The predicted molar refractivity (Wildman–Crippen MR) is 62.0 cm³/mol. The maximum atomic E-state index is 5.95. The lowest BCUT2D eigenvalue weighted by atomic mass is 10.0. The second-order valence-electron chi connectivity index (χ2n) is 5.37. The van der Waals surface area contributed by atoms with Gasteiger partial charge < -0.3 is 10.3 Å². The van der Waals surface area contributed by atoms with E-state index in [0.29, 0.717) is 11.7 Å². The Morgan fingerprint density at radius 2 is 1.81 bits per heavy atom. The van der Waals surface area contributed by atoms with Gasteiger partial charge in [-0.2, -0.15) is 4.98 Å². The molecular weight excluding hydrogens is 202 g/mol. The molecule has 4 heteroatoms. The van der Waals surface area contributed by atoms with Crippen LogP contribution in [0.4, 0.5) is 0 Å². The molecule has 1 aromatic heterocycles. The van der Waals surface area contributed by atoms with Gasteiger partial charge in [-0.15, -0.1) is 0 Å². The molecule has 0 radical (unpaired) electrons. The predicted octanol–water partition coefficient (Wildman–Crippen LogP) is 2.70. The Morgan fingerprint density at radius 3 is 2.31 bits per heavy atom. The molecule has 0 aliphatic heterocycles. The molecule has 90 valence electrons. The first kappa shape index (κ1) is 11.6. The minimum absolute atomic E-state index is 0.450. The molecule has 2 rings (SSSR count). The molecule has 0 spiro atoms. The molecule has 0 amide bonds. The molecule has 4 nitrogen and oxygen atoms in total. The van der Waals surface area contributed by atoms with Crippen LogP contribution in [-0.2, 0) is 5.54 Å². The van der Waals surface area contributed by atoms with Crippen molar-refractivity contribution >= 4 is 0 Å². The molecule has 0 aromatic carbocycles. The zero-order chi connectivity index (χ0) is 11.6. The SMILES string of the molecule is CC(C)(N)c1noc(C2CCCCCC2)n1. The van der Waals surface area contributed by atoms with E-state index in [0.717, 1.165) is 5.89 Å². The Bertz CT molecular complexity index is 332. The third-order valence-corrected chi connectivity index (χ3v) is 3.22. The number of rotatable bonds is 2. The largest absolute Gasteiger partial charge is 0.339 e. The van der Waals surface area contributed by atoms with Crippen LogP contribution in [-0.4, -0.2) is 10.1 Å². The lowest BCUT2D eigenvalue weighted by molar-refractivity contribution is 0.331. The van der Waals surface area contributed by atoms with Crippen LogP contribution >= 0.6 is 0 Å². The Balaban J connectivity index is 2.11. The number of hydrogen-bond donors (Lipinski definition) is 1. The van der Waals surface area contributed by atoms with Gasteiger partial charge in [-0.25, -0.2) is 0 Å². The minimum atomic E-state index is -0.507. The summed E-state index contributed by atoms with van der Waals surface area (Å²) in [6.45, 7) is 3.80. The molecule has 1 aliphatic carbocycles. The highest BCUT2D eigenvalue weighted by Crippen LogP contribution is 2.31. The quantitative estimate of drug-likeness (QED) is 0.783. The maximum Gasteiger partial charge on any atom is 0.229 e. The van der Waals surface area contributed by atoms with Crippen LogP contribution in [0.15, 0.2) is 4.52 Å². The summed E-state index contributed by atoms with van der Waals surface area (Å²) in [5, 5.41) is 3.98. The Hall–Kier alpha value is -0.900. The molecule has 0 atom stereocenters. The van der Waals surface area contributed by atoms with Crippen LogP contribution in [0.5, 0.6) is 0 Å². The first-order valence-electron chi connectivity index (χ1n) is 6.20. The lowest BCUT2D eigenvalue weighted by Crippen LogP contribution is -2.30. The van der Waals surface area contributed by atoms with E-state index in [1.54, 1.807) is 0 Å². The summed E-state index contributed by atoms with van der Waals surface area (Å²) in [5.74, 6) is 1.85. The van der Waals surface area contributed by atoms with E-state index < -0.39 is 5.54 Å². The normalized spacial score (nSPS) is 19.7. The van der Waals surface area contributed by atoms with Crippen LogP contribution < -0.4 is 5.73 Å². The van der Waals surface area contributed by atoms with E-state index in [4.69, 9.17) is 10.3 Å². The molecule has 2 N–H and O–H groups in total. The Labute approximate surface area is 96.6 Å². The van der Waals surface area contributed by atoms with E-state index in [1.165, 1.54) is 38.5 Å². The van der Waals surface area contributed by atoms with E-state index in [9.17, 15) is 0 Å². The highest BCUT2D eigenvalue weighted by atomic mass is 16.5. The molecule has 0 unspecified atom stereocenters. The molecule has 16 heavy (non-hydrogen) atoms. The van der Waals surface area contributed by atoms with Crippen LogP contribution in [0, 0.1) is 0 Å². The number of nitrogens with two attached hydrogens (primary N) is 1.